The van der Waals surface area contributed by atoms with Crippen molar-refractivity contribution in [1.82, 2.24) is 9.97 Å². The minimum Gasteiger partial charge on any atom is -0.330 e. The molecule has 19 heavy (non-hydrogen) atoms. The normalized spacial score (nSPS) is 12.4. The van der Waals surface area contributed by atoms with Crippen LogP contribution in [0.25, 0.3) is 11.3 Å². The molecule has 1 aromatic carbocycles. The van der Waals surface area contributed by atoms with Gasteiger partial charge in [-0.1, -0.05) is 35.0 Å². The van der Waals surface area contributed by atoms with Gasteiger partial charge in [0.15, 0.2) is 0 Å². The molecule has 100 valence electrons. The molecule has 0 fully saturated rings. The van der Waals surface area contributed by atoms with E-state index in [0.717, 1.165) is 33.7 Å². The van der Waals surface area contributed by atoms with Crippen LogP contribution in [0.4, 0.5) is 0 Å². The summed E-state index contributed by atoms with van der Waals surface area (Å²) in [5, 5.41) is 0. The fourth-order valence-electron chi connectivity index (χ4n) is 1.91. The second-order valence-electron chi connectivity index (χ2n) is 4.87. The van der Waals surface area contributed by atoms with Crippen LogP contribution in [0.15, 0.2) is 34.8 Å². The molecule has 0 saturated heterocycles. The van der Waals surface area contributed by atoms with E-state index < -0.39 is 0 Å². The first-order valence-corrected chi connectivity index (χ1v) is 7.18. The number of benzene rings is 1. The molecule has 2 rings (SSSR count). The Morgan fingerprint density at radius 1 is 1.26 bits per heavy atom. The van der Waals surface area contributed by atoms with Crippen molar-refractivity contribution in [2.24, 2.45) is 11.7 Å². The number of hydrogen-bond acceptors (Lipinski definition) is 3. The van der Waals surface area contributed by atoms with E-state index in [0.29, 0.717) is 12.5 Å². The second-order valence-corrected chi connectivity index (χ2v) is 5.78. The number of nitrogens with two attached hydrogens (primary N) is 1. The second kappa shape index (κ2) is 6.26. The summed E-state index contributed by atoms with van der Waals surface area (Å²) >= 11 is 3.49. The first-order valence-electron chi connectivity index (χ1n) is 6.39. The molecule has 1 atom stereocenters. The van der Waals surface area contributed by atoms with E-state index in [1.54, 1.807) is 0 Å². The molecule has 0 aliphatic carbocycles. The number of aryl methyl sites for hydroxylation is 1. The molecule has 0 bridgehead atoms. The molecular formula is C15H18BrN3. The van der Waals surface area contributed by atoms with Gasteiger partial charge >= 0.3 is 0 Å². The van der Waals surface area contributed by atoms with Crippen LogP contribution >= 0.6 is 15.9 Å². The molecule has 1 aromatic heterocycles. The van der Waals surface area contributed by atoms with Crippen molar-refractivity contribution >= 4 is 15.9 Å². The third-order valence-electron chi connectivity index (χ3n) is 2.95. The number of aromatic nitrogens is 2. The van der Waals surface area contributed by atoms with Gasteiger partial charge in [-0.15, -0.1) is 0 Å². The minimum absolute atomic E-state index is 0.400. The summed E-state index contributed by atoms with van der Waals surface area (Å²) in [6.07, 6.45) is 0.819. The standard InChI is InChI=1S/C15H18BrN3/c1-10(9-17)6-15-18-11(2)7-14(19-15)12-4-3-5-13(16)8-12/h3-5,7-8,10H,6,9,17H2,1-2H3. The van der Waals surface area contributed by atoms with Crippen LogP contribution in [-0.4, -0.2) is 16.5 Å². The maximum Gasteiger partial charge on any atom is 0.129 e. The number of nitrogens with zero attached hydrogens (tertiary/aromatic N) is 2. The molecular weight excluding hydrogens is 302 g/mol. The van der Waals surface area contributed by atoms with E-state index in [4.69, 9.17) is 5.73 Å². The predicted octanol–water partition coefficient (Wildman–Crippen LogP) is 3.35. The van der Waals surface area contributed by atoms with E-state index in [9.17, 15) is 0 Å². The summed E-state index contributed by atoms with van der Waals surface area (Å²) in [5.41, 5.74) is 8.72. The summed E-state index contributed by atoms with van der Waals surface area (Å²) in [4.78, 5) is 9.14. The Bertz CT molecular complexity index is 569. The predicted molar refractivity (Wildman–Crippen MR) is 81.8 cm³/mol. The molecule has 0 radical (unpaired) electrons. The van der Waals surface area contributed by atoms with Crippen molar-refractivity contribution in [3.63, 3.8) is 0 Å². The number of hydrogen-bond donors (Lipinski definition) is 1. The Labute approximate surface area is 122 Å². The fourth-order valence-corrected chi connectivity index (χ4v) is 2.31. The van der Waals surface area contributed by atoms with Crippen LogP contribution in [0.1, 0.15) is 18.4 Å². The zero-order valence-corrected chi connectivity index (χ0v) is 12.8. The molecule has 4 heteroatoms. The van der Waals surface area contributed by atoms with Gasteiger partial charge in [0.2, 0.25) is 0 Å². The lowest BCUT2D eigenvalue weighted by molar-refractivity contribution is 0.573. The van der Waals surface area contributed by atoms with E-state index >= 15 is 0 Å². The zero-order chi connectivity index (χ0) is 13.8. The van der Waals surface area contributed by atoms with E-state index in [2.05, 4.69) is 45.0 Å². The van der Waals surface area contributed by atoms with Crippen molar-refractivity contribution in [2.45, 2.75) is 20.3 Å². The molecule has 3 nitrogen and oxygen atoms in total. The van der Waals surface area contributed by atoms with Crippen LogP contribution in [0.2, 0.25) is 0 Å². The summed E-state index contributed by atoms with van der Waals surface area (Å²) in [6, 6.07) is 10.2. The number of rotatable bonds is 4. The lowest BCUT2D eigenvalue weighted by Crippen LogP contribution is -2.15. The quantitative estimate of drug-likeness (QED) is 0.940. The molecule has 0 amide bonds. The van der Waals surface area contributed by atoms with Gasteiger partial charge in [0.1, 0.15) is 5.82 Å². The van der Waals surface area contributed by atoms with Crippen LogP contribution in [0.3, 0.4) is 0 Å². The van der Waals surface area contributed by atoms with Crippen molar-refractivity contribution in [1.29, 1.82) is 0 Å². The van der Waals surface area contributed by atoms with Crippen molar-refractivity contribution in [2.75, 3.05) is 6.54 Å². The third kappa shape index (κ3) is 3.85. The van der Waals surface area contributed by atoms with Crippen molar-refractivity contribution < 1.29 is 0 Å². The van der Waals surface area contributed by atoms with Crippen LogP contribution in [0, 0.1) is 12.8 Å². The van der Waals surface area contributed by atoms with Crippen LogP contribution in [-0.2, 0) is 6.42 Å². The topological polar surface area (TPSA) is 51.8 Å². The highest BCUT2D eigenvalue weighted by atomic mass is 79.9. The Hall–Kier alpha value is -1.26. The first kappa shape index (κ1) is 14.2. The molecule has 1 unspecified atom stereocenters. The maximum atomic E-state index is 5.67. The smallest absolute Gasteiger partial charge is 0.129 e. The molecule has 0 saturated carbocycles. The molecule has 1 heterocycles. The molecule has 0 spiro atoms. The lowest BCUT2D eigenvalue weighted by Gasteiger charge is -2.10. The summed E-state index contributed by atoms with van der Waals surface area (Å²) in [6.45, 7) is 4.77. The summed E-state index contributed by atoms with van der Waals surface area (Å²) in [5.74, 6) is 1.27. The van der Waals surface area contributed by atoms with Gasteiger partial charge in [0, 0.05) is 22.2 Å². The Kier molecular flexibility index (Phi) is 4.66. The van der Waals surface area contributed by atoms with Gasteiger partial charge in [-0.25, -0.2) is 9.97 Å². The van der Waals surface area contributed by atoms with Gasteiger partial charge in [-0.3, -0.25) is 0 Å². The summed E-state index contributed by atoms with van der Waals surface area (Å²) in [7, 11) is 0. The SMILES string of the molecule is Cc1cc(-c2cccc(Br)c2)nc(CC(C)CN)n1. The van der Waals surface area contributed by atoms with E-state index in [1.165, 1.54) is 0 Å². The molecule has 2 aromatic rings. The van der Waals surface area contributed by atoms with Crippen molar-refractivity contribution in [3.8, 4) is 11.3 Å². The molecule has 0 aliphatic rings. The Morgan fingerprint density at radius 2 is 2.05 bits per heavy atom. The van der Waals surface area contributed by atoms with Gasteiger partial charge in [0.25, 0.3) is 0 Å². The Morgan fingerprint density at radius 3 is 2.74 bits per heavy atom. The van der Waals surface area contributed by atoms with Gasteiger partial charge in [-0.2, -0.15) is 0 Å². The number of halogens is 1. The van der Waals surface area contributed by atoms with Gasteiger partial charge < -0.3 is 5.73 Å². The first-order chi connectivity index (χ1) is 9.08. The van der Waals surface area contributed by atoms with Crippen molar-refractivity contribution in [3.05, 3.63) is 46.3 Å². The highest BCUT2D eigenvalue weighted by molar-refractivity contribution is 9.10. The highest BCUT2D eigenvalue weighted by Crippen LogP contribution is 2.22. The Balaban J connectivity index is 2.36. The van der Waals surface area contributed by atoms with Crippen LogP contribution in [0.5, 0.6) is 0 Å². The largest absolute Gasteiger partial charge is 0.330 e. The maximum absolute atomic E-state index is 5.67. The monoisotopic (exact) mass is 319 g/mol. The van der Waals surface area contributed by atoms with Crippen LogP contribution < -0.4 is 5.73 Å². The third-order valence-corrected chi connectivity index (χ3v) is 3.45. The lowest BCUT2D eigenvalue weighted by atomic mass is 10.1. The average molecular weight is 320 g/mol. The molecule has 2 N–H and O–H groups in total. The highest BCUT2D eigenvalue weighted by Gasteiger charge is 2.08. The minimum atomic E-state index is 0.400. The van der Waals surface area contributed by atoms with Gasteiger partial charge in [-0.05, 0) is 37.6 Å². The molecule has 0 aliphatic heterocycles. The van der Waals surface area contributed by atoms with E-state index in [-0.39, 0.29) is 0 Å². The zero-order valence-electron chi connectivity index (χ0n) is 11.2. The van der Waals surface area contributed by atoms with Gasteiger partial charge in [0.05, 0.1) is 5.69 Å². The average Bonchev–Trinajstić information content (AvgIpc) is 2.38. The summed E-state index contributed by atoms with van der Waals surface area (Å²) < 4.78 is 1.05. The fraction of sp³-hybridized carbons (Fsp3) is 0.333. The van der Waals surface area contributed by atoms with E-state index in [1.807, 2.05) is 25.1 Å².